The normalized spacial score (nSPS) is 14.6. The lowest BCUT2D eigenvalue weighted by molar-refractivity contribution is -0.137. The number of carbonyl (C=O) groups is 2. The van der Waals surface area contributed by atoms with Crippen LogP contribution in [-0.4, -0.2) is 33.9 Å². The van der Waals surface area contributed by atoms with Crippen molar-refractivity contribution in [2.75, 3.05) is 11.4 Å². The van der Waals surface area contributed by atoms with Gasteiger partial charge in [-0.3, -0.25) is 14.5 Å². The second kappa shape index (κ2) is 10.3. The lowest BCUT2D eigenvalue weighted by Gasteiger charge is -2.40. The highest BCUT2D eigenvalue weighted by molar-refractivity contribution is 6.00. The number of anilines is 1. The molecule has 5 heteroatoms. The maximum Gasteiger partial charge on any atom is 0.247 e. The van der Waals surface area contributed by atoms with Gasteiger partial charge < -0.3 is 9.47 Å². The number of nitrogens with zero attached hydrogens (tertiary/aromatic N) is 3. The molecule has 3 aromatic rings. The number of rotatable bonds is 8. The van der Waals surface area contributed by atoms with E-state index < -0.39 is 0 Å². The number of aryl methyl sites for hydroxylation is 1. The molecular formula is C29H35N3O2. The molecule has 5 nitrogen and oxygen atoms in total. The number of carbonyl (C=O) groups excluding carboxylic acids is 2. The Labute approximate surface area is 203 Å². The zero-order chi connectivity index (χ0) is 24.2. The van der Waals surface area contributed by atoms with Crippen LogP contribution in [0.25, 0.3) is 5.69 Å². The molecule has 0 saturated heterocycles. The van der Waals surface area contributed by atoms with Crippen LogP contribution in [0.2, 0.25) is 0 Å². The van der Waals surface area contributed by atoms with Crippen LogP contribution >= 0.6 is 0 Å². The molecular weight excluding hydrogens is 422 g/mol. The van der Waals surface area contributed by atoms with Crippen molar-refractivity contribution in [3.63, 3.8) is 0 Å². The molecule has 0 N–H and O–H groups in total. The minimum absolute atomic E-state index is 0.0422. The van der Waals surface area contributed by atoms with E-state index in [1.165, 1.54) is 0 Å². The lowest BCUT2D eigenvalue weighted by Crippen LogP contribution is -2.48. The van der Waals surface area contributed by atoms with Gasteiger partial charge >= 0.3 is 0 Å². The van der Waals surface area contributed by atoms with Gasteiger partial charge in [-0.25, -0.2) is 0 Å². The van der Waals surface area contributed by atoms with E-state index in [0.717, 1.165) is 47.5 Å². The third-order valence-corrected chi connectivity index (χ3v) is 6.59. The monoisotopic (exact) mass is 457 g/mol. The first kappa shape index (κ1) is 23.8. The summed E-state index contributed by atoms with van der Waals surface area (Å²) in [5.41, 5.74) is 5.10. The third-order valence-electron chi connectivity index (χ3n) is 6.59. The molecule has 2 aromatic carbocycles. The van der Waals surface area contributed by atoms with Crippen LogP contribution in [-0.2, 0) is 9.59 Å². The topological polar surface area (TPSA) is 45.6 Å². The summed E-state index contributed by atoms with van der Waals surface area (Å²) < 4.78 is 2.17. The molecule has 0 saturated carbocycles. The molecule has 2 amide bonds. The smallest absolute Gasteiger partial charge is 0.247 e. The van der Waals surface area contributed by atoms with Gasteiger partial charge in [-0.2, -0.15) is 0 Å². The number of aromatic nitrogens is 1. The standard InChI is InChI=1S/C29H35N3O2/c1-5-6-7-17-27(33)31(21(2)3)20-28(34)32-25-15-9-8-14-24(25)30-18-11-16-26(30)29(32)23-13-10-12-22(4)19-23/h8-16,18-19,21,29H,5-7,17,20H2,1-4H3. The second-order valence-corrected chi connectivity index (χ2v) is 9.44. The molecule has 1 atom stereocenters. The molecule has 0 spiro atoms. The van der Waals surface area contributed by atoms with Crippen molar-refractivity contribution in [2.45, 2.75) is 65.5 Å². The van der Waals surface area contributed by atoms with E-state index in [9.17, 15) is 9.59 Å². The van der Waals surface area contributed by atoms with Gasteiger partial charge in [0.05, 0.1) is 17.1 Å². The predicted molar refractivity (Wildman–Crippen MR) is 137 cm³/mol. The number of hydrogen-bond acceptors (Lipinski definition) is 2. The highest BCUT2D eigenvalue weighted by Crippen LogP contribution is 2.42. The SMILES string of the molecule is CCCCCC(=O)N(CC(=O)N1c2ccccc2-n2cccc2C1c1cccc(C)c1)C(C)C. The molecule has 4 rings (SSSR count). The fourth-order valence-corrected chi connectivity index (χ4v) is 4.87. The van der Waals surface area contributed by atoms with Gasteiger partial charge in [-0.1, -0.05) is 61.7 Å². The number of fused-ring (bicyclic) bond motifs is 3. The van der Waals surface area contributed by atoms with Gasteiger partial charge in [0, 0.05) is 18.7 Å². The van der Waals surface area contributed by atoms with Gasteiger partial charge in [-0.15, -0.1) is 0 Å². The van der Waals surface area contributed by atoms with Crippen molar-refractivity contribution in [3.8, 4) is 5.69 Å². The Morgan fingerprint density at radius 2 is 1.74 bits per heavy atom. The highest BCUT2D eigenvalue weighted by atomic mass is 16.2. The van der Waals surface area contributed by atoms with Crippen LogP contribution in [0.15, 0.2) is 66.9 Å². The Balaban J connectivity index is 1.74. The first-order valence-corrected chi connectivity index (χ1v) is 12.4. The minimum atomic E-state index is -0.262. The van der Waals surface area contributed by atoms with Crippen molar-refractivity contribution in [1.29, 1.82) is 0 Å². The van der Waals surface area contributed by atoms with E-state index in [2.05, 4.69) is 48.9 Å². The molecule has 34 heavy (non-hydrogen) atoms. The summed E-state index contributed by atoms with van der Waals surface area (Å²) in [6.07, 6.45) is 5.49. The van der Waals surface area contributed by atoms with Gasteiger partial charge in [0.25, 0.3) is 0 Å². The van der Waals surface area contributed by atoms with Crippen LogP contribution in [0.1, 0.15) is 69.3 Å². The molecule has 1 aromatic heterocycles. The van der Waals surface area contributed by atoms with Crippen LogP contribution < -0.4 is 4.90 Å². The van der Waals surface area contributed by atoms with Crippen LogP contribution in [0.4, 0.5) is 5.69 Å². The average molecular weight is 458 g/mol. The number of para-hydroxylation sites is 2. The van der Waals surface area contributed by atoms with E-state index in [4.69, 9.17) is 0 Å². The summed E-state index contributed by atoms with van der Waals surface area (Å²) in [6, 6.07) is 20.2. The molecule has 1 aliphatic heterocycles. The third kappa shape index (κ3) is 4.65. The molecule has 0 fully saturated rings. The molecule has 1 unspecified atom stereocenters. The quantitative estimate of drug-likeness (QED) is 0.387. The zero-order valence-electron chi connectivity index (χ0n) is 20.7. The number of hydrogen-bond donors (Lipinski definition) is 0. The Hall–Kier alpha value is -3.34. The Morgan fingerprint density at radius 1 is 0.971 bits per heavy atom. The van der Waals surface area contributed by atoms with Crippen molar-refractivity contribution >= 4 is 17.5 Å². The van der Waals surface area contributed by atoms with Gasteiger partial charge in [0.1, 0.15) is 12.6 Å². The van der Waals surface area contributed by atoms with Crippen molar-refractivity contribution in [3.05, 3.63) is 83.7 Å². The lowest BCUT2D eigenvalue weighted by atomic mass is 9.96. The molecule has 0 bridgehead atoms. The van der Waals surface area contributed by atoms with Gasteiger partial charge in [0.15, 0.2) is 0 Å². The van der Waals surface area contributed by atoms with Crippen molar-refractivity contribution in [1.82, 2.24) is 9.47 Å². The second-order valence-electron chi connectivity index (χ2n) is 9.44. The molecule has 178 valence electrons. The molecule has 0 aliphatic carbocycles. The van der Waals surface area contributed by atoms with E-state index in [0.29, 0.717) is 6.42 Å². The number of unbranched alkanes of at least 4 members (excludes halogenated alkanes) is 2. The fraction of sp³-hybridized carbons (Fsp3) is 0.379. The van der Waals surface area contributed by atoms with E-state index in [1.807, 2.05) is 55.1 Å². The first-order valence-electron chi connectivity index (χ1n) is 12.4. The summed E-state index contributed by atoms with van der Waals surface area (Å²) in [6.45, 7) is 8.24. The van der Waals surface area contributed by atoms with Crippen LogP contribution in [0, 0.1) is 6.92 Å². The molecule has 0 radical (unpaired) electrons. The van der Waals surface area contributed by atoms with E-state index in [-0.39, 0.29) is 30.4 Å². The van der Waals surface area contributed by atoms with Gasteiger partial charge in [0.2, 0.25) is 11.8 Å². The highest BCUT2D eigenvalue weighted by Gasteiger charge is 2.37. The molecule has 2 heterocycles. The van der Waals surface area contributed by atoms with Crippen LogP contribution in [0.5, 0.6) is 0 Å². The van der Waals surface area contributed by atoms with Crippen LogP contribution in [0.3, 0.4) is 0 Å². The predicted octanol–water partition coefficient (Wildman–Crippen LogP) is 6.04. The zero-order valence-corrected chi connectivity index (χ0v) is 20.7. The Kier molecular flexibility index (Phi) is 7.20. The van der Waals surface area contributed by atoms with Crippen molar-refractivity contribution < 1.29 is 9.59 Å². The maximum atomic E-state index is 14.0. The summed E-state index contributed by atoms with van der Waals surface area (Å²) >= 11 is 0. The number of benzene rings is 2. The van der Waals surface area contributed by atoms with Crippen molar-refractivity contribution in [2.24, 2.45) is 0 Å². The Morgan fingerprint density at radius 3 is 2.44 bits per heavy atom. The summed E-state index contributed by atoms with van der Waals surface area (Å²) in [7, 11) is 0. The average Bonchev–Trinajstić information content (AvgIpc) is 3.31. The van der Waals surface area contributed by atoms with E-state index >= 15 is 0 Å². The van der Waals surface area contributed by atoms with Gasteiger partial charge in [-0.05, 0) is 57.0 Å². The fourth-order valence-electron chi connectivity index (χ4n) is 4.87. The first-order chi connectivity index (χ1) is 16.4. The summed E-state index contributed by atoms with van der Waals surface area (Å²) in [4.78, 5) is 30.7. The maximum absolute atomic E-state index is 14.0. The summed E-state index contributed by atoms with van der Waals surface area (Å²) in [5, 5.41) is 0. The summed E-state index contributed by atoms with van der Waals surface area (Å²) in [5.74, 6) is -0.0125. The minimum Gasteiger partial charge on any atom is -0.331 e. The largest absolute Gasteiger partial charge is 0.331 e. The number of amides is 2. The van der Waals surface area contributed by atoms with E-state index in [1.54, 1.807) is 4.90 Å². The molecule has 1 aliphatic rings. The Bertz CT molecular complexity index is 1160.